The van der Waals surface area contributed by atoms with Crippen molar-refractivity contribution in [3.8, 4) is 0 Å². The van der Waals surface area contributed by atoms with Gasteiger partial charge in [-0.05, 0) is 11.6 Å². The molecule has 1 aliphatic rings. The van der Waals surface area contributed by atoms with Gasteiger partial charge in [0.25, 0.3) is 5.91 Å². The van der Waals surface area contributed by atoms with Gasteiger partial charge in [-0.1, -0.05) is 49.6 Å². The molecule has 0 spiro atoms. The number of primary amides is 1. The molecule has 0 bridgehead atoms. The Bertz CT molecular complexity index is 1130. The van der Waals surface area contributed by atoms with Gasteiger partial charge in [0.05, 0.1) is 29.0 Å². The van der Waals surface area contributed by atoms with E-state index in [1.165, 1.54) is 6.20 Å². The summed E-state index contributed by atoms with van der Waals surface area (Å²) < 4.78 is 7.23. The highest BCUT2D eigenvalue weighted by Crippen LogP contribution is 2.34. The molecule has 9 heteroatoms. The lowest BCUT2D eigenvalue weighted by molar-refractivity contribution is 0.0996. The number of carbonyl (C=O) groups excluding carboxylic acids is 2. The number of fused-ring (bicyclic) bond motifs is 1. The SMILES string of the molecule is Bc1cc2c(NC3CN(C(=O)OCc4ccccc4)CC3(C)C)c(C(N)=O)cnn2c1. The number of rotatable bonds is 5. The maximum atomic E-state index is 12.7. The predicted molar refractivity (Wildman–Crippen MR) is 121 cm³/mol. The highest BCUT2D eigenvalue weighted by atomic mass is 16.6. The van der Waals surface area contributed by atoms with E-state index in [9.17, 15) is 9.59 Å². The number of benzene rings is 1. The van der Waals surface area contributed by atoms with Crippen LogP contribution in [0.4, 0.5) is 10.5 Å². The summed E-state index contributed by atoms with van der Waals surface area (Å²) in [5, 5.41) is 7.77. The second kappa shape index (κ2) is 7.98. The largest absolute Gasteiger partial charge is 0.445 e. The number of ether oxygens (including phenoxy) is 1. The van der Waals surface area contributed by atoms with E-state index in [4.69, 9.17) is 10.5 Å². The summed E-state index contributed by atoms with van der Waals surface area (Å²) >= 11 is 0. The Hall–Kier alpha value is -3.49. The van der Waals surface area contributed by atoms with E-state index >= 15 is 0 Å². The van der Waals surface area contributed by atoms with Crippen molar-refractivity contribution < 1.29 is 14.3 Å². The van der Waals surface area contributed by atoms with Crippen LogP contribution >= 0.6 is 0 Å². The normalized spacial score (nSPS) is 17.6. The van der Waals surface area contributed by atoms with Gasteiger partial charge in [-0.15, -0.1) is 0 Å². The quantitative estimate of drug-likeness (QED) is 0.605. The van der Waals surface area contributed by atoms with Crippen molar-refractivity contribution in [3.63, 3.8) is 0 Å². The molecular weight excluding hydrogens is 393 g/mol. The number of amides is 2. The molecule has 1 unspecified atom stereocenters. The summed E-state index contributed by atoms with van der Waals surface area (Å²) in [4.78, 5) is 26.4. The molecule has 160 valence electrons. The van der Waals surface area contributed by atoms with Crippen LogP contribution < -0.4 is 16.5 Å². The third-order valence-corrected chi connectivity index (χ3v) is 5.77. The number of nitrogens with zero attached hydrogens (tertiary/aromatic N) is 3. The number of nitrogens with one attached hydrogen (secondary N) is 1. The second-order valence-corrected chi connectivity index (χ2v) is 8.75. The predicted octanol–water partition coefficient (Wildman–Crippen LogP) is 1.15. The fourth-order valence-corrected chi connectivity index (χ4v) is 4.02. The lowest BCUT2D eigenvalue weighted by Gasteiger charge is -2.27. The van der Waals surface area contributed by atoms with Gasteiger partial charge in [-0.25, -0.2) is 9.31 Å². The molecule has 31 heavy (non-hydrogen) atoms. The summed E-state index contributed by atoms with van der Waals surface area (Å²) in [5.41, 5.74) is 9.06. The average Bonchev–Trinajstić information content (AvgIpc) is 3.25. The van der Waals surface area contributed by atoms with E-state index in [0.717, 1.165) is 16.5 Å². The van der Waals surface area contributed by atoms with E-state index < -0.39 is 5.91 Å². The lowest BCUT2D eigenvalue weighted by atomic mass is 9.87. The van der Waals surface area contributed by atoms with Crippen LogP contribution in [0.3, 0.4) is 0 Å². The van der Waals surface area contributed by atoms with Gasteiger partial charge in [0, 0.05) is 24.7 Å². The summed E-state index contributed by atoms with van der Waals surface area (Å²) in [5.74, 6) is -0.550. The monoisotopic (exact) mass is 419 g/mol. The van der Waals surface area contributed by atoms with Crippen LogP contribution in [-0.4, -0.2) is 53.5 Å². The van der Waals surface area contributed by atoms with Crippen molar-refractivity contribution in [2.45, 2.75) is 26.5 Å². The minimum atomic E-state index is -0.550. The number of nitrogens with two attached hydrogens (primary N) is 1. The maximum absolute atomic E-state index is 12.7. The number of aromatic nitrogens is 2. The molecule has 0 saturated carbocycles. The highest BCUT2D eigenvalue weighted by Gasteiger charge is 2.42. The summed E-state index contributed by atoms with van der Waals surface area (Å²) in [6.07, 6.45) is 3.01. The van der Waals surface area contributed by atoms with Crippen LogP contribution in [0.1, 0.15) is 29.8 Å². The number of anilines is 1. The van der Waals surface area contributed by atoms with Crippen LogP contribution in [0.5, 0.6) is 0 Å². The van der Waals surface area contributed by atoms with Gasteiger partial charge in [0.15, 0.2) is 0 Å². The van der Waals surface area contributed by atoms with Crippen LogP contribution in [-0.2, 0) is 11.3 Å². The molecule has 8 nitrogen and oxygen atoms in total. The van der Waals surface area contributed by atoms with Crippen molar-refractivity contribution in [1.29, 1.82) is 0 Å². The smallest absolute Gasteiger partial charge is 0.410 e. The molecule has 0 radical (unpaired) electrons. The first-order valence-electron chi connectivity index (χ1n) is 10.2. The minimum Gasteiger partial charge on any atom is -0.445 e. The fourth-order valence-electron chi connectivity index (χ4n) is 4.02. The van der Waals surface area contributed by atoms with Crippen LogP contribution in [0.15, 0.2) is 48.8 Å². The van der Waals surface area contributed by atoms with E-state index in [0.29, 0.717) is 24.3 Å². The van der Waals surface area contributed by atoms with E-state index in [-0.39, 0.29) is 24.2 Å². The van der Waals surface area contributed by atoms with Crippen molar-refractivity contribution in [2.75, 3.05) is 18.4 Å². The average molecular weight is 419 g/mol. The zero-order chi connectivity index (χ0) is 22.2. The van der Waals surface area contributed by atoms with E-state index in [1.807, 2.05) is 50.4 Å². The molecular formula is C22H26BN5O3. The third kappa shape index (κ3) is 4.21. The van der Waals surface area contributed by atoms with Crippen molar-refractivity contribution in [1.82, 2.24) is 14.5 Å². The number of carbonyl (C=O) groups is 2. The molecule has 3 N–H and O–H groups in total. The summed E-state index contributed by atoms with van der Waals surface area (Å²) in [7, 11) is 1.96. The van der Waals surface area contributed by atoms with Gasteiger partial charge in [0.2, 0.25) is 0 Å². The van der Waals surface area contributed by atoms with Crippen LogP contribution in [0.25, 0.3) is 5.52 Å². The summed E-state index contributed by atoms with van der Waals surface area (Å²) in [6, 6.07) is 11.4. The molecule has 1 saturated heterocycles. The number of hydrogen-bond acceptors (Lipinski definition) is 5. The standard InChI is InChI=1S/C22H26BN5O3/c1-22(2)13-27(21(30)31-12-14-6-4-3-5-7-14)11-18(22)26-19-16(20(24)29)9-25-28-10-15(23)8-17(19)28/h3-10,18,26H,11-13,23H2,1-2H3,(H2,24,29). The van der Waals surface area contributed by atoms with Gasteiger partial charge in [-0.3, -0.25) is 4.79 Å². The molecule has 0 aliphatic carbocycles. The van der Waals surface area contributed by atoms with Gasteiger partial charge < -0.3 is 20.7 Å². The Labute approximate surface area is 181 Å². The maximum Gasteiger partial charge on any atom is 0.410 e. The molecule has 1 atom stereocenters. The third-order valence-electron chi connectivity index (χ3n) is 5.77. The number of likely N-dealkylation sites (tertiary alicyclic amines) is 1. The molecule has 4 rings (SSSR count). The lowest BCUT2D eigenvalue weighted by Crippen LogP contribution is -2.36. The second-order valence-electron chi connectivity index (χ2n) is 8.75. The van der Waals surface area contributed by atoms with Crippen LogP contribution in [0, 0.1) is 5.41 Å². The van der Waals surface area contributed by atoms with E-state index in [2.05, 4.69) is 24.3 Å². The van der Waals surface area contributed by atoms with Crippen molar-refractivity contribution in [3.05, 3.63) is 59.9 Å². The van der Waals surface area contributed by atoms with Gasteiger partial charge in [0.1, 0.15) is 14.5 Å². The zero-order valence-electron chi connectivity index (χ0n) is 18.0. The Morgan fingerprint density at radius 1 is 1.32 bits per heavy atom. The van der Waals surface area contributed by atoms with Crippen molar-refractivity contribution in [2.24, 2.45) is 11.1 Å². The zero-order valence-corrected chi connectivity index (χ0v) is 18.0. The Kier molecular flexibility index (Phi) is 5.35. The number of hydrogen-bond donors (Lipinski definition) is 2. The molecule has 1 aromatic carbocycles. The highest BCUT2D eigenvalue weighted by molar-refractivity contribution is 6.33. The molecule has 3 heterocycles. The summed E-state index contributed by atoms with van der Waals surface area (Å²) in [6.45, 7) is 5.38. The topological polar surface area (TPSA) is 102 Å². The van der Waals surface area contributed by atoms with Gasteiger partial charge >= 0.3 is 6.09 Å². The molecule has 1 aliphatic heterocycles. The molecule has 3 aromatic rings. The first kappa shape index (κ1) is 20.8. The Morgan fingerprint density at radius 2 is 2.06 bits per heavy atom. The Balaban J connectivity index is 1.53. The first-order valence-corrected chi connectivity index (χ1v) is 10.2. The minimum absolute atomic E-state index is 0.101. The first-order chi connectivity index (χ1) is 14.7. The Morgan fingerprint density at radius 3 is 2.77 bits per heavy atom. The van der Waals surface area contributed by atoms with Gasteiger partial charge in [-0.2, -0.15) is 5.10 Å². The van der Waals surface area contributed by atoms with E-state index in [1.54, 1.807) is 9.42 Å². The molecule has 1 fully saturated rings. The van der Waals surface area contributed by atoms with Crippen molar-refractivity contribution >= 4 is 36.5 Å². The fraction of sp³-hybridized carbons (Fsp3) is 0.318. The molecule has 2 aromatic heterocycles. The van der Waals surface area contributed by atoms with Crippen LogP contribution in [0.2, 0.25) is 0 Å². The molecule has 2 amide bonds.